The second kappa shape index (κ2) is 6.57. The van der Waals surface area contributed by atoms with Crippen LogP contribution in [-0.2, 0) is 0 Å². The van der Waals surface area contributed by atoms with Gasteiger partial charge in [-0.15, -0.1) is 6.58 Å². The number of rotatable bonds is 5. The minimum Gasteiger partial charge on any atom is -0.102 e. The normalized spacial score (nSPS) is 14.5. The molecule has 0 aromatic heterocycles. The Morgan fingerprint density at radius 3 is 2.41 bits per heavy atom. The molecule has 0 heterocycles. The lowest BCUT2D eigenvalue weighted by atomic mass is 10.1. The molecule has 0 fully saturated rings. The monoisotopic (exact) mass is 244 g/mol. The lowest BCUT2D eigenvalue weighted by Crippen LogP contribution is -1.92. The Morgan fingerprint density at radius 1 is 1.24 bits per heavy atom. The van der Waals surface area contributed by atoms with Gasteiger partial charge >= 0.3 is 0 Å². The molecule has 0 bridgehead atoms. The highest BCUT2D eigenvalue weighted by atomic mass is 31.1. The Kier molecular flexibility index (Phi) is 5.38. The molecule has 0 aliphatic heterocycles. The summed E-state index contributed by atoms with van der Waals surface area (Å²) in [6.07, 6.45) is 3.99. The molecule has 0 saturated heterocycles. The molecule has 1 rings (SSSR count). The van der Waals surface area contributed by atoms with Crippen molar-refractivity contribution in [2.45, 2.75) is 26.4 Å². The molecule has 0 nitrogen and oxygen atoms in total. The maximum atomic E-state index is 3.98. The fourth-order valence-electron chi connectivity index (χ4n) is 1.70. The summed E-state index contributed by atoms with van der Waals surface area (Å²) in [5.41, 5.74) is 4.43. The summed E-state index contributed by atoms with van der Waals surface area (Å²) in [7, 11) is 0.748. The van der Waals surface area contributed by atoms with Crippen LogP contribution in [0.25, 0.3) is 0 Å². The van der Waals surface area contributed by atoms with Crippen molar-refractivity contribution >= 4 is 8.58 Å². The van der Waals surface area contributed by atoms with Gasteiger partial charge in [0.1, 0.15) is 0 Å². The molecule has 1 aromatic carbocycles. The summed E-state index contributed by atoms with van der Waals surface area (Å²) < 4.78 is 0. The van der Waals surface area contributed by atoms with Crippen LogP contribution in [0, 0.1) is 6.92 Å². The lowest BCUT2D eigenvalue weighted by molar-refractivity contribution is 1.18. The number of aryl methyl sites for hydroxylation is 1. The maximum Gasteiger partial charge on any atom is 0.0231 e. The van der Waals surface area contributed by atoms with Crippen LogP contribution in [0.4, 0.5) is 0 Å². The van der Waals surface area contributed by atoms with E-state index in [1.165, 1.54) is 22.0 Å². The van der Waals surface area contributed by atoms with Crippen LogP contribution in [-0.4, -0.2) is 0 Å². The average Bonchev–Trinajstić information content (AvgIpc) is 2.35. The zero-order valence-electron chi connectivity index (χ0n) is 11.0. The third kappa shape index (κ3) is 3.68. The van der Waals surface area contributed by atoms with E-state index in [0.717, 1.165) is 8.58 Å². The lowest BCUT2D eigenvalue weighted by Gasteiger charge is -2.17. The maximum absolute atomic E-state index is 3.98. The molecule has 0 N–H and O–H groups in total. The molecule has 17 heavy (non-hydrogen) atoms. The van der Waals surface area contributed by atoms with Crippen LogP contribution < -0.4 is 0 Å². The molecule has 1 aromatic rings. The van der Waals surface area contributed by atoms with Crippen LogP contribution in [0.3, 0.4) is 0 Å². The first-order valence-electron chi connectivity index (χ1n) is 5.84. The fourth-order valence-corrected chi connectivity index (χ4v) is 3.09. The number of hydrogen-bond acceptors (Lipinski definition) is 0. The minimum atomic E-state index is 0.422. The summed E-state index contributed by atoms with van der Waals surface area (Å²) in [6.45, 7) is 14.3. The summed E-state index contributed by atoms with van der Waals surface area (Å²) in [6, 6.07) is 8.55. The summed E-state index contributed by atoms with van der Waals surface area (Å²) >= 11 is 0. The predicted molar refractivity (Wildman–Crippen MR) is 81.0 cm³/mol. The van der Waals surface area contributed by atoms with E-state index in [1.807, 2.05) is 6.08 Å². The van der Waals surface area contributed by atoms with E-state index < -0.39 is 0 Å². The van der Waals surface area contributed by atoms with Gasteiger partial charge < -0.3 is 0 Å². The van der Waals surface area contributed by atoms with Gasteiger partial charge in [-0.3, -0.25) is 0 Å². The smallest absolute Gasteiger partial charge is 0.0231 e. The molecule has 0 radical (unpaired) electrons. The van der Waals surface area contributed by atoms with Crippen molar-refractivity contribution in [3.63, 3.8) is 0 Å². The van der Waals surface area contributed by atoms with Crippen molar-refractivity contribution in [3.05, 3.63) is 71.6 Å². The van der Waals surface area contributed by atoms with E-state index in [2.05, 4.69) is 64.3 Å². The van der Waals surface area contributed by atoms with Gasteiger partial charge in [0.2, 0.25) is 0 Å². The largest absolute Gasteiger partial charge is 0.102 e. The molecule has 2 unspecified atom stereocenters. The van der Waals surface area contributed by atoms with Gasteiger partial charge in [-0.25, -0.2) is 0 Å². The molecule has 0 spiro atoms. The molecule has 2 atom stereocenters. The quantitative estimate of drug-likeness (QED) is 0.370. The van der Waals surface area contributed by atoms with E-state index >= 15 is 0 Å². The van der Waals surface area contributed by atoms with Crippen molar-refractivity contribution in [3.8, 4) is 0 Å². The second-order valence-electron chi connectivity index (χ2n) is 4.23. The van der Waals surface area contributed by atoms with Crippen molar-refractivity contribution in [1.82, 2.24) is 0 Å². The minimum absolute atomic E-state index is 0.422. The molecular formula is C16H21P. The highest BCUT2D eigenvalue weighted by Gasteiger charge is 2.10. The molecule has 0 saturated carbocycles. The number of benzene rings is 1. The molecular weight excluding hydrogens is 223 g/mol. The van der Waals surface area contributed by atoms with Gasteiger partial charge in [0.25, 0.3) is 0 Å². The highest BCUT2D eigenvalue weighted by Crippen LogP contribution is 2.43. The van der Waals surface area contributed by atoms with Crippen LogP contribution in [0.2, 0.25) is 0 Å². The Labute approximate surface area is 107 Å². The molecule has 0 amide bonds. The summed E-state index contributed by atoms with van der Waals surface area (Å²) in [5.74, 6) is 0. The molecule has 0 aliphatic carbocycles. The first-order valence-corrected chi connectivity index (χ1v) is 6.92. The van der Waals surface area contributed by atoms with Gasteiger partial charge in [0.05, 0.1) is 0 Å². The van der Waals surface area contributed by atoms with E-state index in [0.29, 0.717) is 5.66 Å². The molecule has 90 valence electrons. The van der Waals surface area contributed by atoms with Gasteiger partial charge in [-0.1, -0.05) is 51.6 Å². The Morgan fingerprint density at radius 2 is 1.88 bits per heavy atom. The fraction of sp³-hybridized carbons (Fsp3) is 0.250. The van der Waals surface area contributed by atoms with E-state index in [1.54, 1.807) is 0 Å². The van der Waals surface area contributed by atoms with E-state index in [4.69, 9.17) is 0 Å². The second-order valence-corrected chi connectivity index (χ2v) is 5.89. The van der Waals surface area contributed by atoms with Crippen LogP contribution in [0.15, 0.2) is 60.5 Å². The van der Waals surface area contributed by atoms with Gasteiger partial charge in [-0.05, 0) is 42.8 Å². The molecule has 0 aliphatic rings. The Hall–Kier alpha value is -1.13. The number of allylic oxidation sites excluding steroid dienone is 4. The van der Waals surface area contributed by atoms with E-state index in [9.17, 15) is 0 Å². The van der Waals surface area contributed by atoms with E-state index in [-0.39, 0.29) is 0 Å². The molecule has 1 heteroatoms. The van der Waals surface area contributed by atoms with Crippen LogP contribution in [0.5, 0.6) is 0 Å². The summed E-state index contributed by atoms with van der Waals surface area (Å²) in [5, 5.41) is 1.41. The Bertz CT molecular complexity index is 441. The highest BCUT2D eigenvalue weighted by molar-refractivity contribution is 7.43. The third-order valence-electron chi connectivity index (χ3n) is 3.03. The zero-order chi connectivity index (χ0) is 12.8. The van der Waals surface area contributed by atoms with Crippen LogP contribution >= 0.6 is 8.58 Å². The predicted octanol–water partition coefficient (Wildman–Crippen LogP) is 5.38. The van der Waals surface area contributed by atoms with Crippen molar-refractivity contribution in [1.29, 1.82) is 0 Å². The SMILES string of the molecule is C=C/C(C)=C(\C)PC(C=C)c1ccccc1C. The third-order valence-corrected chi connectivity index (χ3v) is 4.71. The zero-order valence-corrected chi connectivity index (χ0v) is 12.0. The van der Waals surface area contributed by atoms with Crippen molar-refractivity contribution in [2.75, 3.05) is 0 Å². The van der Waals surface area contributed by atoms with Gasteiger partial charge in [0.15, 0.2) is 0 Å². The number of hydrogen-bond donors (Lipinski definition) is 0. The van der Waals surface area contributed by atoms with Gasteiger partial charge in [0, 0.05) is 5.66 Å². The average molecular weight is 244 g/mol. The van der Waals surface area contributed by atoms with Gasteiger partial charge in [-0.2, -0.15) is 0 Å². The van der Waals surface area contributed by atoms with Crippen molar-refractivity contribution in [2.24, 2.45) is 0 Å². The topological polar surface area (TPSA) is 0 Å². The van der Waals surface area contributed by atoms with Crippen LogP contribution in [0.1, 0.15) is 30.6 Å². The Balaban J connectivity index is 2.98. The standard InChI is InChI=1S/C16H21P/c1-6-12(3)14(5)17-16(7-2)15-11-9-8-10-13(15)4/h6-11,16-17H,1-2H2,3-5H3/b14-12+. The first kappa shape index (κ1) is 13.9. The summed E-state index contributed by atoms with van der Waals surface area (Å²) in [4.78, 5) is 0. The first-order chi connectivity index (χ1) is 8.10. The van der Waals surface area contributed by atoms with Crippen molar-refractivity contribution < 1.29 is 0 Å².